The average molecular weight is 193 g/mol. The highest BCUT2D eigenvalue weighted by atomic mass is 16.5. The van der Waals surface area contributed by atoms with E-state index in [1.54, 1.807) is 19.3 Å². The van der Waals surface area contributed by atoms with Crippen molar-refractivity contribution in [1.82, 2.24) is 9.97 Å². The third-order valence-electron chi connectivity index (χ3n) is 1.66. The Morgan fingerprint density at radius 1 is 1.50 bits per heavy atom. The molecule has 0 aliphatic carbocycles. The topological polar surface area (TPSA) is 78.1 Å². The first-order valence-electron chi connectivity index (χ1n) is 3.97. The fourth-order valence-electron chi connectivity index (χ4n) is 0.861. The van der Waals surface area contributed by atoms with E-state index in [0.717, 1.165) is 11.1 Å². The SMILES string of the molecule is COC(=O)/C=C(/C)c1cnc(N)nc1. The van der Waals surface area contributed by atoms with E-state index >= 15 is 0 Å². The number of carbonyl (C=O) groups excluding carboxylic acids is 1. The van der Waals surface area contributed by atoms with Crippen molar-refractivity contribution in [2.45, 2.75) is 6.92 Å². The summed E-state index contributed by atoms with van der Waals surface area (Å²) in [4.78, 5) is 18.5. The highest BCUT2D eigenvalue weighted by Crippen LogP contribution is 2.11. The molecule has 0 amide bonds. The van der Waals surface area contributed by atoms with E-state index in [0.29, 0.717) is 0 Å². The molecule has 0 aliphatic rings. The second kappa shape index (κ2) is 4.36. The molecular weight excluding hydrogens is 182 g/mol. The maximum absolute atomic E-state index is 10.9. The number of nitrogen functional groups attached to an aromatic ring is 1. The minimum atomic E-state index is -0.403. The molecule has 0 bridgehead atoms. The van der Waals surface area contributed by atoms with Crippen molar-refractivity contribution in [3.63, 3.8) is 0 Å². The monoisotopic (exact) mass is 193 g/mol. The molecule has 0 aromatic carbocycles. The molecule has 0 atom stereocenters. The zero-order valence-electron chi connectivity index (χ0n) is 8.02. The first-order valence-corrected chi connectivity index (χ1v) is 3.97. The van der Waals surface area contributed by atoms with Crippen LogP contribution in [0, 0.1) is 0 Å². The van der Waals surface area contributed by atoms with Gasteiger partial charge in [-0.2, -0.15) is 0 Å². The zero-order chi connectivity index (χ0) is 10.6. The van der Waals surface area contributed by atoms with Gasteiger partial charge in [0.05, 0.1) is 7.11 Å². The van der Waals surface area contributed by atoms with Crippen LogP contribution in [0.1, 0.15) is 12.5 Å². The molecule has 0 spiro atoms. The molecule has 0 aliphatic heterocycles. The minimum absolute atomic E-state index is 0.208. The lowest BCUT2D eigenvalue weighted by atomic mass is 10.1. The van der Waals surface area contributed by atoms with Crippen LogP contribution in [0.2, 0.25) is 0 Å². The molecule has 1 aromatic rings. The lowest BCUT2D eigenvalue weighted by Crippen LogP contribution is -1.98. The molecule has 74 valence electrons. The van der Waals surface area contributed by atoms with Crippen molar-refractivity contribution in [3.8, 4) is 0 Å². The third kappa shape index (κ3) is 2.55. The number of nitrogens with zero attached hydrogens (tertiary/aromatic N) is 2. The molecule has 1 aromatic heterocycles. The second-order valence-electron chi connectivity index (χ2n) is 2.68. The predicted octanol–water partition coefficient (Wildman–Crippen LogP) is 0.635. The van der Waals surface area contributed by atoms with E-state index in [1.807, 2.05) is 0 Å². The lowest BCUT2D eigenvalue weighted by Gasteiger charge is -1.99. The van der Waals surface area contributed by atoms with Gasteiger partial charge in [0.1, 0.15) is 0 Å². The van der Waals surface area contributed by atoms with Crippen molar-refractivity contribution < 1.29 is 9.53 Å². The van der Waals surface area contributed by atoms with Crippen LogP contribution in [0.3, 0.4) is 0 Å². The summed E-state index contributed by atoms with van der Waals surface area (Å²) in [5.74, 6) is -0.195. The van der Waals surface area contributed by atoms with Gasteiger partial charge in [-0.1, -0.05) is 0 Å². The normalized spacial score (nSPS) is 11.1. The van der Waals surface area contributed by atoms with E-state index in [-0.39, 0.29) is 5.95 Å². The number of carbonyl (C=O) groups is 1. The summed E-state index contributed by atoms with van der Waals surface area (Å²) in [6, 6.07) is 0. The van der Waals surface area contributed by atoms with Gasteiger partial charge in [0.25, 0.3) is 0 Å². The second-order valence-corrected chi connectivity index (χ2v) is 2.68. The number of esters is 1. The van der Waals surface area contributed by atoms with Crippen LogP contribution in [-0.2, 0) is 9.53 Å². The van der Waals surface area contributed by atoms with Crippen LogP contribution in [-0.4, -0.2) is 23.0 Å². The van der Waals surface area contributed by atoms with Crippen LogP contribution in [0.4, 0.5) is 5.95 Å². The average Bonchev–Trinajstić information content (AvgIpc) is 2.18. The van der Waals surface area contributed by atoms with Crippen LogP contribution >= 0.6 is 0 Å². The number of hydrogen-bond acceptors (Lipinski definition) is 5. The standard InChI is InChI=1S/C9H11N3O2/c1-6(3-8(13)14-2)7-4-11-9(10)12-5-7/h3-5H,1-2H3,(H2,10,11,12)/b6-3-. The van der Waals surface area contributed by atoms with Crippen LogP contribution in [0.15, 0.2) is 18.5 Å². The third-order valence-corrected chi connectivity index (χ3v) is 1.66. The van der Waals surface area contributed by atoms with E-state index in [1.165, 1.54) is 13.2 Å². The summed E-state index contributed by atoms with van der Waals surface area (Å²) in [7, 11) is 1.32. The van der Waals surface area contributed by atoms with Gasteiger partial charge in [0, 0.05) is 24.0 Å². The molecule has 0 fully saturated rings. The number of rotatable bonds is 2. The van der Waals surface area contributed by atoms with Crippen LogP contribution in [0.25, 0.3) is 5.57 Å². The molecule has 0 saturated heterocycles. The fourth-order valence-corrected chi connectivity index (χ4v) is 0.861. The van der Waals surface area contributed by atoms with Crippen LogP contribution < -0.4 is 5.73 Å². The molecule has 0 saturated carbocycles. The van der Waals surface area contributed by atoms with Crippen molar-refractivity contribution in [3.05, 3.63) is 24.0 Å². The Labute approximate surface area is 81.6 Å². The van der Waals surface area contributed by atoms with Crippen molar-refractivity contribution in [2.75, 3.05) is 12.8 Å². The predicted molar refractivity (Wildman–Crippen MR) is 52.1 cm³/mol. The molecule has 1 heterocycles. The minimum Gasteiger partial charge on any atom is -0.466 e. The van der Waals surface area contributed by atoms with Gasteiger partial charge in [0.2, 0.25) is 5.95 Å². The van der Waals surface area contributed by atoms with E-state index in [9.17, 15) is 4.79 Å². The first-order chi connectivity index (χ1) is 6.63. The summed E-state index contributed by atoms with van der Waals surface area (Å²) in [5, 5.41) is 0. The molecule has 5 nitrogen and oxygen atoms in total. The number of nitrogens with two attached hydrogens (primary N) is 1. The number of hydrogen-bond donors (Lipinski definition) is 1. The van der Waals surface area contributed by atoms with Crippen molar-refractivity contribution in [1.29, 1.82) is 0 Å². The van der Waals surface area contributed by atoms with Crippen molar-refractivity contribution in [2.24, 2.45) is 0 Å². The molecule has 0 radical (unpaired) electrons. The molecule has 5 heteroatoms. The Bertz CT molecular complexity index is 357. The van der Waals surface area contributed by atoms with Gasteiger partial charge < -0.3 is 10.5 Å². The Balaban J connectivity index is 2.89. The smallest absolute Gasteiger partial charge is 0.330 e. The first kappa shape index (κ1) is 10.2. The largest absolute Gasteiger partial charge is 0.466 e. The molecular formula is C9H11N3O2. The van der Waals surface area contributed by atoms with Gasteiger partial charge in [-0.25, -0.2) is 14.8 Å². The van der Waals surface area contributed by atoms with Gasteiger partial charge in [-0.15, -0.1) is 0 Å². The van der Waals surface area contributed by atoms with Gasteiger partial charge in [-0.05, 0) is 12.5 Å². The maximum Gasteiger partial charge on any atom is 0.330 e. The molecule has 2 N–H and O–H groups in total. The van der Waals surface area contributed by atoms with Crippen LogP contribution in [0.5, 0.6) is 0 Å². The summed E-state index contributed by atoms with van der Waals surface area (Å²) in [6.07, 6.45) is 4.48. The highest BCUT2D eigenvalue weighted by molar-refractivity contribution is 5.90. The van der Waals surface area contributed by atoms with E-state index < -0.39 is 5.97 Å². The van der Waals surface area contributed by atoms with Gasteiger partial charge >= 0.3 is 5.97 Å². The number of methoxy groups -OCH3 is 1. The van der Waals surface area contributed by atoms with Crippen molar-refractivity contribution >= 4 is 17.5 Å². The summed E-state index contributed by atoms with van der Waals surface area (Å²) in [5.41, 5.74) is 6.79. The summed E-state index contributed by atoms with van der Waals surface area (Å²) < 4.78 is 4.49. The van der Waals surface area contributed by atoms with E-state index in [2.05, 4.69) is 14.7 Å². The Morgan fingerprint density at radius 3 is 2.57 bits per heavy atom. The van der Waals surface area contributed by atoms with Gasteiger partial charge in [0.15, 0.2) is 0 Å². The Hall–Kier alpha value is -1.91. The molecule has 0 unspecified atom stereocenters. The quantitative estimate of drug-likeness (QED) is 0.550. The number of allylic oxidation sites excluding steroid dienone is 1. The molecule has 1 rings (SSSR count). The number of ether oxygens (including phenoxy) is 1. The number of anilines is 1. The maximum atomic E-state index is 10.9. The lowest BCUT2D eigenvalue weighted by molar-refractivity contribution is -0.134. The fraction of sp³-hybridized carbons (Fsp3) is 0.222. The molecule has 14 heavy (non-hydrogen) atoms. The Kier molecular flexibility index (Phi) is 3.17. The Morgan fingerprint density at radius 2 is 2.07 bits per heavy atom. The zero-order valence-corrected chi connectivity index (χ0v) is 8.02. The number of aromatic nitrogens is 2. The summed E-state index contributed by atoms with van der Waals surface area (Å²) in [6.45, 7) is 1.77. The summed E-state index contributed by atoms with van der Waals surface area (Å²) >= 11 is 0. The van der Waals surface area contributed by atoms with Gasteiger partial charge in [-0.3, -0.25) is 0 Å². The van der Waals surface area contributed by atoms with E-state index in [4.69, 9.17) is 5.73 Å². The highest BCUT2D eigenvalue weighted by Gasteiger charge is 2.00.